The van der Waals surface area contributed by atoms with Crippen molar-refractivity contribution in [3.05, 3.63) is 39.4 Å². The van der Waals surface area contributed by atoms with Gasteiger partial charge in [0.05, 0.1) is 17.3 Å². The second-order valence-electron chi connectivity index (χ2n) is 7.30. The van der Waals surface area contributed by atoms with Gasteiger partial charge in [-0.15, -0.1) is 0 Å². The lowest BCUT2D eigenvalue weighted by atomic mass is 9.93. The quantitative estimate of drug-likeness (QED) is 0.859. The van der Waals surface area contributed by atoms with Crippen molar-refractivity contribution in [2.45, 2.75) is 44.8 Å². The van der Waals surface area contributed by atoms with Crippen LogP contribution in [-0.4, -0.2) is 39.9 Å². The molecule has 0 spiro atoms. The fraction of sp³-hybridized carbons (Fsp3) is 0.474. The number of aliphatic hydroxyl groups is 1. The lowest BCUT2D eigenvalue weighted by Crippen LogP contribution is -2.39. The molecular formula is C19H21FN2O4. The molecule has 2 atom stereocenters. The fourth-order valence-electron chi connectivity index (χ4n) is 4.29. The first-order valence-corrected chi connectivity index (χ1v) is 8.95. The highest BCUT2D eigenvalue weighted by Gasteiger charge is 2.30. The maximum atomic E-state index is 15.0. The van der Waals surface area contributed by atoms with Crippen molar-refractivity contribution in [2.75, 3.05) is 18.0 Å². The second-order valence-corrected chi connectivity index (χ2v) is 7.30. The molecule has 2 aromatic rings. The number of aliphatic hydroxyl groups excluding tert-OH is 1. The van der Waals surface area contributed by atoms with Crippen LogP contribution in [0.1, 0.15) is 48.1 Å². The Morgan fingerprint density at radius 3 is 2.81 bits per heavy atom. The van der Waals surface area contributed by atoms with Gasteiger partial charge in [-0.2, -0.15) is 0 Å². The summed E-state index contributed by atoms with van der Waals surface area (Å²) in [5.74, 6) is -1.83. The zero-order valence-electron chi connectivity index (χ0n) is 14.5. The van der Waals surface area contributed by atoms with E-state index in [-0.39, 0.29) is 17.0 Å². The summed E-state index contributed by atoms with van der Waals surface area (Å²) in [6, 6.07) is 1.19. The lowest BCUT2D eigenvalue weighted by molar-refractivity contribution is 0.0694. The van der Waals surface area contributed by atoms with E-state index in [1.54, 1.807) is 4.57 Å². The molecule has 0 bridgehead atoms. The van der Waals surface area contributed by atoms with Crippen LogP contribution in [0.25, 0.3) is 10.9 Å². The highest BCUT2D eigenvalue weighted by Crippen LogP contribution is 2.38. The van der Waals surface area contributed by atoms with E-state index < -0.39 is 23.3 Å². The predicted octanol–water partition coefficient (Wildman–Crippen LogP) is 2.31. The van der Waals surface area contributed by atoms with E-state index in [9.17, 15) is 19.8 Å². The third-order valence-electron chi connectivity index (χ3n) is 5.57. The molecule has 7 heteroatoms. The van der Waals surface area contributed by atoms with Crippen LogP contribution in [0.3, 0.4) is 0 Å². The average molecular weight is 360 g/mol. The summed E-state index contributed by atoms with van der Waals surface area (Å²) < 4.78 is 16.8. The second kappa shape index (κ2) is 6.09. The molecule has 0 saturated carbocycles. The lowest BCUT2D eigenvalue weighted by Gasteiger charge is -2.36. The van der Waals surface area contributed by atoms with Gasteiger partial charge in [-0.05, 0) is 38.7 Å². The Balaban J connectivity index is 2.03. The Bertz CT molecular complexity index is 968. The number of β-amino-alcohol motifs (C(OH)–C–C–N with tert-alkyl or cyclic N) is 1. The fourth-order valence-corrected chi connectivity index (χ4v) is 4.29. The van der Waals surface area contributed by atoms with Gasteiger partial charge >= 0.3 is 5.97 Å². The van der Waals surface area contributed by atoms with Gasteiger partial charge in [-0.1, -0.05) is 0 Å². The number of benzene rings is 1. The molecule has 2 aliphatic rings. The number of piperidine rings is 1. The molecule has 1 fully saturated rings. The number of anilines is 1. The molecule has 138 valence electrons. The van der Waals surface area contributed by atoms with Crippen LogP contribution < -0.4 is 10.3 Å². The maximum Gasteiger partial charge on any atom is 0.341 e. The van der Waals surface area contributed by atoms with E-state index in [4.69, 9.17) is 0 Å². The van der Waals surface area contributed by atoms with Crippen LogP contribution in [0.4, 0.5) is 10.1 Å². The van der Waals surface area contributed by atoms with E-state index >= 15 is 4.39 Å². The Kier molecular flexibility index (Phi) is 3.99. The SMILES string of the molecule is C[C@H]1CCc2c(N3CCC[C@H](O)C3)c(F)cc3c(=O)c(C(=O)O)cn1c23. The summed E-state index contributed by atoms with van der Waals surface area (Å²) in [6.07, 6.45) is 3.71. The van der Waals surface area contributed by atoms with Gasteiger partial charge in [-0.3, -0.25) is 4.79 Å². The molecule has 6 nitrogen and oxygen atoms in total. The highest BCUT2D eigenvalue weighted by atomic mass is 19.1. The van der Waals surface area contributed by atoms with Crippen molar-refractivity contribution in [3.63, 3.8) is 0 Å². The average Bonchev–Trinajstić information content (AvgIpc) is 2.59. The van der Waals surface area contributed by atoms with Crippen molar-refractivity contribution >= 4 is 22.6 Å². The zero-order valence-corrected chi connectivity index (χ0v) is 14.5. The molecule has 2 aliphatic heterocycles. The van der Waals surface area contributed by atoms with Crippen molar-refractivity contribution in [1.82, 2.24) is 4.57 Å². The minimum atomic E-state index is -1.30. The van der Waals surface area contributed by atoms with Gasteiger partial charge in [-0.25, -0.2) is 9.18 Å². The number of aromatic carboxylic acids is 1. The Hall–Kier alpha value is -2.41. The first kappa shape index (κ1) is 17.0. The molecular weight excluding hydrogens is 339 g/mol. The minimum Gasteiger partial charge on any atom is -0.477 e. The van der Waals surface area contributed by atoms with Crippen LogP contribution in [-0.2, 0) is 6.42 Å². The van der Waals surface area contributed by atoms with Crippen LogP contribution in [0.2, 0.25) is 0 Å². The number of carboxylic acid groups (broad SMARTS) is 1. The molecule has 0 radical (unpaired) electrons. The topological polar surface area (TPSA) is 82.8 Å². The first-order valence-electron chi connectivity index (χ1n) is 8.95. The van der Waals surface area contributed by atoms with E-state index in [2.05, 4.69) is 0 Å². The van der Waals surface area contributed by atoms with E-state index in [0.29, 0.717) is 37.1 Å². The van der Waals surface area contributed by atoms with Crippen LogP contribution in [0.15, 0.2) is 17.1 Å². The van der Waals surface area contributed by atoms with Gasteiger partial charge in [0, 0.05) is 36.3 Å². The molecule has 2 N–H and O–H groups in total. The van der Waals surface area contributed by atoms with Crippen molar-refractivity contribution in [1.29, 1.82) is 0 Å². The maximum absolute atomic E-state index is 15.0. The van der Waals surface area contributed by atoms with Crippen molar-refractivity contribution in [3.8, 4) is 0 Å². The molecule has 0 aliphatic carbocycles. The summed E-state index contributed by atoms with van der Waals surface area (Å²) >= 11 is 0. The molecule has 0 amide bonds. The summed E-state index contributed by atoms with van der Waals surface area (Å²) in [6.45, 7) is 2.98. The van der Waals surface area contributed by atoms with Gasteiger partial charge in [0.2, 0.25) is 5.43 Å². The normalized spacial score (nSPS) is 22.7. The third kappa shape index (κ3) is 2.49. The number of aromatic nitrogens is 1. The molecule has 26 heavy (non-hydrogen) atoms. The summed E-state index contributed by atoms with van der Waals surface area (Å²) in [5, 5.41) is 19.4. The Morgan fingerprint density at radius 1 is 1.35 bits per heavy atom. The predicted molar refractivity (Wildman–Crippen MR) is 95.6 cm³/mol. The molecule has 0 unspecified atom stereocenters. The van der Waals surface area contributed by atoms with Crippen LogP contribution in [0, 0.1) is 5.82 Å². The minimum absolute atomic E-state index is 0.0222. The number of carboxylic acids is 1. The number of hydrogen-bond donors (Lipinski definition) is 2. The number of aryl methyl sites for hydroxylation is 1. The van der Waals surface area contributed by atoms with Gasteiger partial charge in [0.1, 0.15) is 11.4 Å². The molecule has 1 aromatic carbocycles. The van der Waals surface area contributed by atoms with E-state index in [1.807, 2.05) is 11.8 Å². The number of halogens is 1. The van der Waals surface area contributed by atoms with Gasteiger partial charge < -0.3 is 19.7 Å². The monoisotopic (exact) mass is 360 g/mol. The van der Waals surface area contributed by atoms with Crippen LogP contribution >= 0.6 is 0 Å². The summed E-state index contributed by atoms with van der Waals surface area (Å²) in [5.41, 5.74) is 0.816. The highest BCUT2D eigenvalue weighted by molar-refractivity contribution is 5.95. The zero-order chi connectivity index (χ0) is 18.6. The number of hydrogen-bond acceptors (Lipinski definition) is 4. The number of rotatable bonds is 2. The Labute approximate surface area is 149 Å². The van der Waals surface area contributed by atoms with Crippen molar-refractivity contribution < 1.29 is 19.4 Å². The largest absolute Gasteiger partial charge is 0.477 e. The summed E-state index contributed by atoms with van der Waals surface area (Å²) in [4.78, 5) is 25.9. The standard InChI is InChI=1S/C19H21FN2O4/c1-10-4-5-12-16-13(18(24)14(19(25)26)9-22(10)16)7-15(20)17(12)21-6-2-3-11(23)8-21/h7,9-11,23H,2-6,8H2,1H3,(H,25,26)/t10-,11-/m0/s1. The number of pyridine rings is 1. The Morgan fingerprint density at radius 2 is 2.12 bits per heavy atom. The molecule has 4 rings (SSSR count). The number of carbonyl (C=O) groups is 1. The van der Waals surface area contributed by atoms with Crippen molar-refractivity contribution in [2.24, 2.45) is 0 Å². The molecule has 3 heterocycles. The molecule has 1 saturated heterocycles. The van der Waals surface area contributed by atoms with E-state index in [0.717, 1.165) is 18.4 Å². The number of nitrogens with zero attached hydrogens (tertiary/aromatic N) is 2. The summed E-state index contributed by atoms with van der Waals surface area (Å²) in [7, 11) is 0. The first-order chi connectivity index (χ1) is 12.4. The smallest absolute Gasteiger partial charge is 0.341 e. The van der Waals surface area contributed by atoms with E-state index in [1.165, 1.54) is 12.3 Å². The molecule has 1 aromatic heterocycles. The van der Waals surface area contributed by atoms with Gasteiger partial charge in [0.25, 0.3) is 0 Å². The van der Waals surface area contributed by atoms with Crippen LogP contribution in [0.5, 0.6) is 0 Å². The third-order valence-corrected chi connectivity index (χ3v) is 5.57. The van der Waals surface area contributed by atoms with Gasteiger partial charge in [0.15, 0.2) is 0 Å².